The summed E-state index contributed by atoms with van der Waals surface area (Å²) in [5.41, 5.74) is 11.7. The molecule has 0 N–H and O–H groups in total. The van der Waals surface area contributed by atoms with Crippen LogP contribution in [0.5, 0.6) is 0 Å². The molecule has 2 aromatic heterocycles. The first kappa shape index (κ1) is 27.2. The van der Waals surface area contributed by atoms with Crippen LogP contribution in [0.1, 0.15) is 0 Å². The van der Waals surface area contributed by atoms with Crippen molar-refractivity contribution in [3.05, 3.63) is 170 Å². The zero-order valence-electron chi connectivity index (χ0n) is 27.0. The fraction of sp³-hybridized carbons (Fsp3) is 0. The lowest BCUT2D eigenvalue weighted by Gasteiger charge is -2.34. The van der Waals surface area contributed by atoms with E-state index in [4.69, 9.17) is 9.97 Å². The van der Waals surface area contributed by atoms with E-state index in [-0.39, 0.29) is 0 Å². The topological polar surface area (TPSA) is 34.0 Å². The van der Waals surface area contributed by atoms with Crippen molar-refractivity contribution in [2.45, 2.75) is 0 Å². The van der Waals surface area contributed by atoms with Crippen LogP contribution in [0.3, 0.4) is 0 Å². The molecule has 1 aliphatic rings. The fourth-order valence-electron chi connectivity index (χ4n) is 8.12. The quantitative estimate of drug-likeness (QED) is 0.193. The van der Waals surface area contributed by atoms with Crippen LogP contribution in [-0.4, -0.2) is 14.5 Å². The van der Waals surface area contributed by atoms with E-state index in [1.807, 2.05) is 12.1 Å². The van der Waals surface area contributed by atoms with Gasteiger partial charge in [0.25, 0.3) is 0 Å². The summed E-state index contributed by atoms with van der Waals surface area (Å²) in [6.45, 7) is 0. The summed E-state index contributed by atoms with van der Waals surface area (Å²) in [7, 11) is 0. The zero-order valence-corrected chi connectivity index (χ0v) is 27.0. The smallest absolute Gasteiger partial charge is 0.165 e. The molecule has 0 fully saturated rings. The second-order valence-corrected chi connectivity index (χ2v) is 13.0. The van der Waals surface area contributed by atoms with Gasteiger partial charge in [-0.1, -0.05) is 121 Å². The van der Waals surface area contributed by atoms with Crippen LogP contribution in [0, 0.1) is 0 Å². The molecule has 0 bridgehead atoms. The normalized spacial score (nSPS) is 12.4. The Morgan fingerprint density at radius 3 is 2.02 bits per heavy atom. The van der Waals surface area contributed by atoms with Crippen molar-refractivity contribution in [3.63, 3.8) is 0 Å². The molecular weight excluding hydrogens is 609 g/mol. The molecule has 3 heterocycles. The van der Waals surface area contributed by atoms with E-state index in [1.54, 1.807) is 0 Å². The van der Waals surface area contributed by atoms with Crippen LogP contribution in [-0.2, 0) is 0 Å². The summed E-state index contributed by atoms with van der Waals surface area (Å²) < 4.78 is 2.36. The average Bonchev–Trinajstić information content (AvgIpc) is 3.51. The number of nitrogens with zero attached hydrogens (tertiary/aromatic N) is 4. The minimum atomic E-state index is 0.809. The maximum atomic E-state index is 5.47. The minimum absolute atomic E-state index is 0.809. The molecule has 0 saturated carbocycles. The predicted molar refractivity (Wildman–Crippen MR) is 208 cm³/mol. The van der Waals surface area contributed by atoms with Crippen LogP contribution in [0.4, 0.5) is 17.2 Å². The van der Waals surface area contributed by atoms with Gasteiger partial charge in [-0.25, -0.2) is 9.97 Å². The van der Waals surface area contributed by atoms with E-state index >= 15 is 0 Å². The highest BCUT2D eigenvalue weighted by Gasteiger charge is 2.31. The van der Waals surface area contributed by atoms with Crippen LogP contribution in [0.15, 0.2) is 170 Å². The van der Waals surface area contributed by atoms with Gasteiger partial charge < -0.3 is 4.57 Å². The molecule has 1 aliphatic heterocycles. The standard InChI is InChI=1S/C46H28N4/c1-2-15-32(16-3-1)49-39-22-9-6-18-34(39)35-26-24-31(28-42(35)49)45-46(48-38-21-8-7-20-37(38)47-45)50-40-23-11-14-30-13-10-19-36(43(30)40)44-33-17-5-4-12-29(33)25-27-41(44)50/h1-28H. The van der Waals surface area contributed by atoms with Crippen molar-refractivity contribution >= 4 is 71.6 Å². The first-order chi connectivity index (χ1) is 24.8. The molecule has 50 heavy (non-hydrogen) atoms. The van der Waals surface area contributed by atoms with E-state index in [0.29, 0.717) is 0 Å². The molecular formula is C46H28N4. The average molecular weight is 637 g/mol. The van der Waals surface area contributed by atoms with E-state index in [0.717, 1.165) is 50.7 Å². The molecule has 8 aromatic carbocycles. The van der Waals surface area contributed by atoms with Crippen molar-refractivity contribution < 1.29 is 0 Å². The number of aromatic nitrogens is 3. The van der Waals surface area contributed by atoms with Gasteiger partial charge in [0.2, 0.25) is 0 Å². The summed E-state index contributed by atoms with van der Waals surface area (Å²) >= 11 is 0. The predicted octanol–water partition coefficient (Wildman–Crippen LogP) is 12.2. The summed E-state index contributed by atoms with van der Waals surface area (Å²) in [6, 6.07) is 60.6. The van der Waals surface area contributed by atoms with E-state index in [1.165, 1.54) is 49.0 Å². The molecule has 0 saturated heterocycles. The number of hydrogen-bond acceptors (Lipinski definition) is 3. The monoisotopic (exact) mass is 636 g/mol. The Bertz CT molecular complexity index is 2990. The number of para-hydroxylation sites is 4. The first-order valence-electron chi connectivity index (χ1n) is 17.0. The van der Waals surface area contributed by atoms with Gasteiger partial charge >= 0.3 is 0 Å². The van der Waals surface area contributed by atoms with Crippen molar-refractivity contribution in [2.75, 3.05) is 4.90 Å². The Balaban J connectivity index is 1.25. The van der Waals surface area contributed by atoms with Crippen LogP contribution >= 0.6 is 0 Å². The number of hydrogen-bond donors (Lipinski definition) is 0. The van der Waals surface area contributed by atoms with Crippen molar-refractivity contribution in [1.82, 2.24) is 14.5 Å². The summed E-state index contributed by atoms with van der Waals surface area (Å²) in [6.07, 6.45) is 0. The Morgan fingerprint density at radius 2 is 1.14 bits per heavy atom. The highest BCUT2D eigenvalue weighted by Crippen LogP contribution is 2.54. The van der Waals surface area contributed by atoms with Gasteiger partial charge in [-0.15, -0.1) is 0 Å². The third-order valence-electron chi connectivity index (χ3n) is 10.3. The van der Waals surface area contributed by atoms with Gasteiger partial charge in [0, 0.05) is 33.0 Å². The molecule has 0 unspecified atom stereocenters. The lowest BCUT2D eigenvalue weighted by Crippen LogP contribution is -2.18. The third-order valence-corrected chi connectivity index (χ3v) is 10.3. The summed E-state index contributed by atoms with van der Waals surface area (Å²) in [4.78, 5) is 13.2. The van der Waals surface area contributed by atoms with Crippen molar-refractivity contribution in [3.8, 4) is 28.1 Å². The lowest BCUT2D eigenvalue weighted by molar-refractivity contribution is 1.17. The van der Waals surface area contributed by atoms with E-state index < -0.39 is 0 Å². The molecule has 0 atom stereocenters. The molecule has 0 aliphatic carbocycles. The third kappa shape index (κ3) is 3.81. The highest BCUT2D eigenvalue weighted by atomic mass is 15.2. The number of fused-ring (bicyclic) bond motifs is 8. The van der Waals surface area contributed by atoms with Crippen LogP contribution < -0.4 is 4.90 Å². The second-order valence-electron chi connectivity index (χ2n) is 13.0. The number of benzene rings is 8. The van der Waals surface area contributed by atoms with E-state index in [2.05, 4.69) is 167 Å². The SMILES string of the molecule is c1ccc(-n2c3ccccc3c3ccc(-c4nc5ccccc5nc4N4c5ccc6ccccc6c5-c5cccc6cccc4c56)cc32)cc1. The first-order valence-corrected chi connectivity index (χ1v) is 17.0. The lowest BCUT2D eigenvalue weighted by atomic mass is 9.88. The Labute approximate surface area is 288 Å². The molecule has 232 valence electrons. The van der Waals surface area contributed by atoms with Gasteiger partial charge in [0.15, 0.2) is 5.82 Å². The zero-order chi connectivity index (χ0) is 32.8. The van der Waals surface area contributed by atoms with Gasteiger partial charge in [-0.3, -0.25) is 4.90 Å². The Kier molecular flexibility index (Phi) is 5.63. The highest BCUT2D eigenvalue weighted by molar-refractivity contribution is 6.20. The van der Waals surface area contributed by atoms with Gasteiger partial charge in [0.1, 0.15) is 5.69 Å². The number of anilines is 3. The molecule has 11 rings (SSSR count). The van der Waals surface area contributed by atoms with Gasteiger partial charge in [0.05, 0.1) is 33.4 Å². The number of rotatable bonds is 3. The molecule has 0 spiro atoms. The second kappa shape index (κ2) is 10.4. The van der Waals surface area contributed by atoms with Gasteiger partial charge in [-0.05, 0) is 70.3 Å². The Hall–Kier alpha value is -6.78. The molecule has 0 radical (unpaired) electrons. The van der Waals surface area contributed by atoms with Crippen molar-refractivity contribution in [2.24, 2.45) is 0 Å². The van der Waals surface area contributed by atoms with Crippen molar-refractivity contribution in [1.29, 1.82) is 0 Å². The molecule has 0 amide bonds. The molecule has 4 nitrogen and oxygen atoms in total. The molecule has 4 heteroatoms. The summed E-state index contributed by atoms with van der Waals surface area (Å²) in [5.74, 6) is 0.809. The van der Waals surface area contributed by atoms with Crippen LogP contribution in [0.2, 0.25) is 0 Å². The molecule has 10 aromatic rings. The van der Waals surface area contributed by atoms with E-state index in [9.17, 15) is 0 Å². The maximum absolute atomic E-state index is 5.47. The van der Waals surface area contributed by atoms with Crippen LogP contribution in [0.25, 0.3) is 82.5 Å². The van der Waals surface area contributed by atoms with Gasteiger partial charge in [-0.2, -0.15) is 0 Å². The summed E-state index contributed by atoms with van der Waals surface area (Å²) in [5, 5.41) is 7.29. The largest absolute Gasteiger partial charge is 0.309 e. The minimum Gasteiger partial charge on any atom is -0.309 e. The maximum Gasteiger partial charge on any atom is 0.165 e. The fourth-order valence-corrected chi connectivity index (χ4v) is 8.12. The Morgan fingerprint density at radius 1 is 0.440 bits per heavy atom.